The van der Waals surface area contributed by atoms with Crippen molar-refractivity contribution in [3.05, 3.63) is 83.8 Å². The fourth-order valence-electron chi connectivity index (χ4n) is 3.74. The Balaban J connectivity index is 1.35. The quantitative estimate of drug-likeness (QED) is 0.342. The number of hydrogen-bond donors (Lipinski definition) is 2. The number of nitrogens with one attached hydrogen (secondary N) is 1. The highest BCUT2D eigenvalue weighted by Gasteiger charge is 2.18. The summed E-state index contributed by atoms with van der Waals surface area (Å²) in [7, 11) is 0. The van der Waals surface area contributed by atoms with Crippen molar-refractivity contribution in [3.63, 3.8) is 0 Å². The average Bonchev–Trinajstić information content (AvgIpc) is 2.80. The number of nitrogens with zero attached hydrogens (tertiary/aromatic N) is 4. The molecule has 0 atom stereocenters. The number of pyridine rings is 1. The van der Waals surface area contributed by atoms with Crippen LogP contribution < -0.4 is 16.1 Å². The van der Waals surface area contributed by atoms with Gasteiger partial charge in [-0.2, -0.15) is 5.10 Å². The lowest BCUT2D eigenvalue weighted by molar-refractivity contribution is 0.249. The van der Waals surface area contributed by atoms with Crippen molar-refractivity contribution in [1.29, 1.82) is 0 Å². The molecule has 0 unspecified atom stereocenters. The van der Waals surface area contributed by atoms with Crippen molar-refractivity contribution in [2.45, 2.75) is 6.54 Å². The smallest absolute Gasteiger partial charge is 0.184 e. The molecule has 3 aromatic rings. The summed E-state index contributed by atoms with van der Waals surface area (Å²) in [6.45, 7) is 4.39. The fraction of sp³-hybridized carbons (Fsp3) is 0.208. The van der Waals surface area contributed by atoms with Crippen LogP contribution in [0.25, 0.3) is 11.1 Å². The molecule has 0 amide bonds. The van der Waals surface area contributed by atoms with E-state index in [0.717, 1.165) is 60.8 Å². The maximum Gasteiger partial charge on any atom is 0.184 e. The third kappa shape index (κ3) is 5.87. The molecule has 0 saturated carbocycles. The van der Waals surface area contributed by atoms with E-state index in [1.807, 2.05) is 36.5 Å². The summed E-state index contributed by atoms with van der Waals surface area (Å²) >= 11 is 4.74. The van der Waals surface area contributed by atoms with Crippen LogP contribution in [0.4, 0.5) is 10.2 Å². The molecule has 0 bridgehead atoms. The van der Waals surface area contributed by atoms with Crippen LogP contribution in [-0.2, 0) is 6.54 Å². The predicted octanol–water partition coefficient (Wildman–Crippen LogP) is 3.38. The van der Waals surface area contributed by atoms with Gasteiger partial charge in [-0.05, 0) is 59.2 Å². The first-order chi connectivity index (χ1) is 15.6. The molecule has 2 aromatic carbocycles. The minimum atomic E-state index is -0.181. The van der Waals surface area contributed by atoms with Crippen LogP contribution in [0.5, 0.6) is 0 Å². The van der Waals surface area contributed by atoms with Gasteiger partial charge < -0.3 is 10.6 Å². The third-order valence-corrected chi connectivity index (χ3v) is 5.44. The number of hydrazone groups is 1. The number of anilines is 1. The first-order valence-electron chi connectivity index (χ1n) is 10.4. The zero-order chi connectivity index (χ0) is 22.3. The average molecular weight is 449 g/mol. The highest BCUT2D eigenvalue weighted by atomic mass is 32.1. The second-order valence-electron chi connectivity index (χ2n) is 7.66. The fourth-order valence-corrected chi connectivity index (χ4v) is 3.79. The van der Waals surface area contributed by atoms with E-state index in [0.29, 0.717) is 0 Å². The van der Waals surface area contributed by atoms with Crippen molar-refractivity contribution < 1.29 is 4.39 Å². The van der Waals surface area contributed by atoms with Gasteiger partial charge in [-0.25, -0.2) is 9.37 Å². The van der Waals surface area contributed by atoms with E-state index in [4.69, 9.17) is 22.9 Å². The van der Waals surface area contributed by atoms with E-state index in [1.165, 1.54) is 6.07 Å². The largest absolute Gasteiger partial charge is 0.375 e. The van der Waals surface area contributed by atoms with Gasteiger partial charge >= 0.3 is 0 Å². The van der Waals surface area contributed by atoms with Gasteiger partial charge in [0.25, 0.3) is 0 Å². The standard InChI is InChI=1S/C24H25FN6S/c25-22-6-2-4-19(14-22)17-30-9-11-31(12-10-30)23-8-7-21(16-27-23)20-5-1-3-18(13-20)15-28-29-24(26)32/h1-8,13-16H,9-12,17H2,(H3,26,29,32). The molecule has 0 aliphatic carbocycles. The van der Waals surface area contributed by atoms with Crippen LogP contribution in [0.1, 0.15) is 11.1 Å². The van der Waals surface area contributed by atoms with Crippen LogP contribution >= 0.6 is 12.2 Å². The lowest BCUT2D eigenvalue weighted by Gasteiger charge is -2.35. The molecule has 0 spiro atoms. The van der Waals surface area contributed by atoms with Gasteiger partial charge in [-0.3, -0.25) is 10.3 Å². The number of benzene rings is 2. The topological polar surface area (TPSA) is 69.8 Å². The first-order valence-corrected chi connectivity index (χ1v) is 10.8. The Kier molecular flexibility index (Phi) is 7.03. The van der Waals surface area contributed by atoms with Crippen molar-refractivity contribution in [2.24, 2.45) is 10.8 Å². The monoisotopic (exact) mass is 448 g/mol. The molecule has 0 radical (unpaired) electrons. The maximum absolute atomic E-state index is 13.4. The van der Waals surface area contributed by atoms with Gasteiger partial charge in [-0.1, -0.05) is 30.3 Å². The van der Waals surface area contributed by atoms with Gasteiger partial charge in [0.05, 0.1) is 6.21 Å². The van der Waals surface area contributed by atoms with Crippen LogP contribution in [0.2, 0.25) is 0 Å². The molecular formula is C24H25FN6S. The van der Waals surface area contributed by atoms with Gasteiger partial charge in [0.15, 0.2) is 5.11 Å². The SMILES string of the molecule is NC(=S)NN=Cc1cccc(-c2ccc(N3CCN(Cc4cccc(F)c4)CC3)nc2)c1. The number of aromatic nitrogens is 1. The zero-order valence-corrected chi connectivity index (χ0v) is 18.4. The van der Waals surface area contributed by atoms with Crippen molar-refractivity contribution in [1.82, 2.24) is 15.3 Å². The van der Waals surface area contributed by atoms with E-state index in [9.17, 15) is 4.39 Å². The molecule has 32 heavy (non-hydrogen) atoms. The van der Waals surface area contributed by atoms with Crippen LogP contribution in [0.3, 0.4) is 0 Å². The lowest BCUT2D eigenvalue weighted by Crippen LogP contribution is -2.46. The molecule has 2 heterocycles. The lowest BCUT2D eigenvalue weighted by atomic mass is 10.1. The Morgan fingerprint density at radius 2 is 1.88 bits per heavy atom. The summed E-state index contributed by atoms with van der Waals surface area (Å²) in [5.74, 6) is 0.789. The van der Waals surface area contributed by atoms with Gasteiger partial charge in [-0.15, -0.1) is 0 Å². The Labute approximate surface area is 192 Å². The third-order valence-electron chi connectivity index (χ3n) is 5.35. The molecule has 4 rings (SSSR count). The number of hydrogen-bond acceptors (Lipinski definition) is 5. The van der Waals surface area contributed by atoms with Gasteiger partial charge in [0.1, 0.15) is 11.6 Å². The molecule has 164 valence electrons. The van der Waals surface area contributed by atoms with Crippen molar-refractivity contribution in [2.75, 3.05) is 31.1 Å². The van der Waals surface area contributed by atoms with Crippen LogP contribution in [0, 0.1) is 5.82 Å². The number of nitrogens with two attached hydrogens (primary N) is 1. The Morgan fingerprint density at radius 3 is 2.59 bits per heavy atom. The van der Waals surface area contributed by atoms with Gasteiger partial charge in [0.2, 0.25) is 0 Å². The molecule has 1 fully saturated rings. The maximum atomic E-state index is 13.4. The molecule has 1 aliphatic rings. The summed E-state index contributed by atoms with van der Waals surface area (Å²) in [5, 5.41) is 4.13. The minimum absolute atomic E-state index is 0.131. The number of thiocarbonyl (C=S) groups is 1. The van der Waals surface area contributed by atoms with E-state index in [1.54, 1.807) is 18.3 Å². The molecule has 1 saturated heterocycles. The predicted molar refractivity (Wildman–Crippen MR) is 131 cm³/mol. The van der Waals surface area contributed by atoms with Crippen LogP contribution in [-0.4, -0.2) is 47.4 Å². The van der Waals surface area contributed by atoms with E-state index in [-0.39, 0.29) is 10.9 Å². The summed E-state index contributed by atoms with van der Waals surface area (Å²) in [4.78, 5) is 9.33. The minimum Gasteiger partial charge on any atom is -0.375 e. The van der Waals surface area contributed by atoms with E-state index in [2.05, 4.69) is 32.5 Å². The summed E-state index contributed by atoms with van der Waals surface area (Å²) in [6, 6.07) is 19.0. The number of halogens is 1. The number of piperazine rings is 1. The Bertz CT molecular complexity index is 1090. The molecular weight excluding hydrogens is 423 g/mol. The molecule has 1 aromatic heterocycles. The molecule has 3 N–H and O–H groups in total. The normalized spacial score (nSPS) is 14.6. The number of rotatable bonds is 6. The Morgan fingerprint density at radius 1 is 1.06 bits per heavy atom. The molecule has 8 heteroatoms. The second-order valence-corrected chi connectivity index (χ2v) is 8.10. The van der Waals surface area contributed by atoms with E-state index >= 15 is 0 Å². The van der Waals surface area contributed by atoms with Crippen molar-refractivity contribution in [3.8, 4) is 11.1 Å². The van der Waals surface area contributed by atoms with Gasteiger partial charge in [0, 0.05) is 44.5 Å². The highest BCUT2D eigenvalue weighted by Crippen LogP contribution is 2.22. The summed E-state index contributed by atoms with van der Waals surface area (Å²) in [6.07, 6.45) is 3.58. The Hall–Kier alpha value is -3.36. The zero-order valence-electron chi connectivity index (χ0n) is 17.6. The molecule has 1 aliphatic heterocycles. The highest BCUT2D eigenvalue weighted by molar-refractivity contribution is 7.80. The second kappa shape index (κ2) is 10.3. The molecule has 6 nitrogen and oxygen atoms in total. The van der Waals surface area contributed by atoms with Crippen molar-refractivity contribution >= 4 is 29.4 Å². The van der Waals surface area contributed by atoms with E-state index < -0.39 is 0 Å². The first kappa shape index (κ1) is 21.9. The summed E-state index contributed by atoms with van der Waals surface area (Å²) < 4.78 is 13.4. The summed E-state index contributed by atoms with van der Waals surface area (Å²) in [5.41, 5.74) is 12.0. The van der Waals surface area contributed by atoms with Crippen LogP contribution in [0.15, 0.2) is 72.0 Å².